The van der Waals surface area contributed by atoms with E-state index >= 15 is 0 Å². The summed E-state index contributed by atoms with van der Waals surface area (Å²) in [5, 5.41) is 3.64. The number of anilines is 2. The van der Waals surface area contributed by atoms with Crippen LogP contribution in [-0.4, -0.2) is 14.5 Å². The van der Waals surface area contributed by atoms with Crippen molar-refractivity contribution in [2.24, 2.45) is 0 Å². The number of rotatable bonds is 4. The minimum Gasteiger partial charge on any atom is -0.396 e. The first-order valence-electron chi connectivity index (χ1n) is 5.34. The Hall–Kier alpha value is -1.75. The number of hydrogen-bond acceptors (Lipinski definition) is 4. The number of nitrogens with one attached hydrogen (secondary N) is 1. The van der Waals surface area contributed by atoms with E-state index in [4.69, 9.17) is 17.3 Å². The second-order valence-electron chi connectivity index (χ2n) is 3.62. The number of halogens is 1. The van der Waals surface area contributed by atoms with Crippen molar-refractivity contribution in [3.8, 4) is 0 Å². The van der Waals surface area contributed by atoms with Crippen molar-refractivity contribution in [1.82, 2.24) is 14.5 Å². The number of nitrogens with zero attached hydrogens (tertiary/aromatic N) is 3. The van der Waals surface area contributed by atoms with E-state index in [9.17, 15) is 0 Å². The van der Waals surface area contributed by atoms with Gasteiger partial charge in [-0.15, -0.1) is 0 Å². The molecule has 0 atom stereocenters. The molecular weight excluding hydrogens is 238 g/mol. The largest absolute Gasteiger partial charge is 0.396 e. The highest BCUT2D eigenvalue weighted by molar-refractivity contribution is 6.29. The van der Waals surface area contributed by atoms with Gasteiger partial charge in [-0.05, 0) is 6.92 Å². The third-order valence-electron chi connectivity index (χ3n) is 2.50. The molecule has 0 saturated carbocycles. The number of nitrogens with two attached hydrogens (primary N) is 1. The summed E-state index contributed by atoms with van der Waals surface area (Å²) in [6.07, 6.45) is 5.18. The number of aryl methyl sites for hydroxylation is 1. The zero-order chi connectivity index (χ0) is 12.3. The van der Waals surface area contributed by atoms with Gasteiger partial charge in [-0.2, -0.15) is 0 Å². The molecular formula is C11H14ClN5. The van der Waals surface area contributed by atoms with E-state index in [1.807, 2.05) is 6.20 Å². The Labute approximate surface area is 105 Å². The van der Waals surface area contributed by atoms with Crippen LogP contribution in [0.2, 0.25) is 5.15 Å². The highest BCUT2D eigenvalue weighted by Crippen LogP contribution is 2.21. The molecule has 2 rings (SSSR count). The van der Waals surface area contributed by atoms with Crippen LogP contribution in [0.3, 0.4) is 0 Å². The third kappa shape index (κ3) is 2.68. The predicted molar refractivity (Wildman–Crippen MR) is 68.9 cm³/mol. The van der Waals surface area contributed by atoms with Gasteiger partial charge >= 0.3 is 0 Å². The fraction of sp³-hybridized carbons (Fsp3) is 0.273. The molecule has 0 unspecified atom stereocenters. The van der Waals surface area contributed by atoms with Crippen LogP contribution in [0.25, 0.3) is 0 Å². The molecule has 0 fully saturated rings. The number of pyridine rings is 1. The maximum atomic E-state index is 5.81. The molecule has 3 N–H and O–H groups in total. The van der Waals surface area contributed by atoms with Crippen LogP contribution in [0.4, 0.5) is 11.4 Å². The van der Waals surface area contributed by atoms with Gasteiger partial charge in [-0.25, -0.2) is 9.97 Å². The minimum absolute atomic E-state index is 0.422. The first-order valence-corrected chi connectivity index (χ1v) is 5.72. The molecule has 0 aromatic carbocycles. The van der Waals surface area contributed by atoms with Crippen LogP contribution in [0.15, 0.2) is 24.8 Å². The van der Waals surface area contributed by atoms with Crippen molar-refractivity contribution in [3.63, 3.8) is 0 Å². The molecule has 0 aliphatic carbocycles. The molecule has 0 saturated heterocycles. The molecule has 17 heavy (non-hydrogen) atoms. The fourth-order valence-electron chi connectivity index (χ4n) is 1.56. The van der Waals surface area contributed by atoms with Crippen molar-refractivity contribution in [3.05, 3.63) is 35.6 Å². The van der Waals surface area contributed by atoms with E-state index in [1.54, 1.807) is 18.6 Å². The average Bonchev–Trinajstić information content (AvgIpc) is 2.77. The Morgan fingerprint density at radius 3 is 3.06 bits per heavy atom. The number of aromatic nitrogens is 3. The van der Waals surface area contributed by atoms with Crippen molar-refractivity contribution < 1.29 is 0 Å². The lowest BCUT2D eigenvalue weighted by atomic mass is 10.3. The van der Waals surface area contributed by atoms with Crippen molar-refractivity contribution in [1.29, 1.82) is 0 Å². The predicted octanol–water partition coefficient (Wildman–Crippen LogP) is 2.15. The summed E-state index contributed by atoms with van der Waals surface area (Å²) in [7, 11) is 0. The first kappa shape index (κ1) is 11.7. The molecule has 0 bridgehead atoms. The smallest absolute Gasteiger partial charge is 0.131 e. The van der Waals surface area contributed by atoms with E-state index in [0.717, 1.165) is 17.9 Å². The van der Waals surface area contributed by atoms with Crippen LogP contribution in [0, 0.1) is 0 Å². The molecule has 0 aliphatic rings. The van der Waals surface area contributed by atoms with E-state index in [-0.39, 0.29) is 0 Å². The normalized spacial score (nSPS) is 10.5. The molecule has 0 amide bonds. The zero-order valence-electron chi connectivity index (χ0n) is 9.52. The Balaban J connectivity index is 2.09. The summed E-state index contributed by atoms with van der Waals surface area (Å²) in [4.78, 5) is 8.00. The van der Waals surface area contributed by atoms with Crippen molar-refractivity contribution >= 4 is 23.0 Å². The van der Waals surface area contributed by atoms with Gasteiger partial charge in [0.1, 0.15) is 5.15 Å². The van der Waals surface area contributed by atoms with Crippen LogP contribution in [-0.2, 0) is 13.1 Å². The Morgan fingerprint density at radius 1 is 1.47 bits per heavy atom. The second-order valence-corrected chi connectivity index (χ2v) is 4.01. The average molecular weight is 252 g/mol. The fourth-order valence-corrected chi connectivity index (χ4v) is 1.72. The van der Waals surface area contributed by atoms with Crippen molar-refractivity contribution in [2.75, 3.05) is 11.1 Å². The lowest BCUT2D eigenvalue weighted by Crippen LogP contribution is -2.07. The van der Waals surface area contributed by atoms with E-state index in [1.165, 1.54) is 0 Å². The third-order valence-corrected chi connectivity index (χ3v) is 2.71. The van der Waals surface area contributed by atoms with Gasteiger partial charge in [0.05, 0.1) is 36.1 Å². The Morgan fingerprint density at radius 2 is 2.29 bits per heavy atom. The van der Waals surface area contributed by atoms with E-state index < -0.39 is 0 Å². The number of imidazole rings is 1. The van der Waals surface area contributed by atoms with Gasteiger partial charge in [0.2, 0.25) is 0 Å². The van der Waals surface area contributed by atoms with Crippen LogP contribution >= 0.6 is 11.6 Å². The standard InChI is InChI=1S/C11H14ClN5/c1-2-17-7-14-4-8(17)5-15-10-3-11(12)16-6-9(10)13/h3-4,6-7H,2,5,13H2,1H3,(H,15,16). The van der Waals surface area contributed by atoms with Gasteiger partial charge in [0.25, 0.3) is 0 Å². The molecule has 90 valence electrons. The molecule has 5 nitrogen and oxygen atoms in total. The summed E-state index contributed by atoms with van der Waals surface area (Å²) in [6, 6.07) is 1.71. The number of nitrogen functional groups attached to an aromatic ring is 1. The summed E-state index contributed by atoms with van der Waals surface area (Å²) in [6.45, 7) is 3.62. The maximum Gasteiger partial charge on any atom is 0.131 e. The van der Waals surface area contributed by atoms with Gasteiger partial charge < -0.3 is 15.6 Å². The molecule has 2 heterocycles. The molecule has 6 heteroatoms. The van der Waals surface area contributed by atoms with Gasteiger partial charge in [-0.1, -0.05) is 11.6 Å². The summed E-state index contributed by atoms with van der Waals surface area (Å²) >= 11 is 5.81. The summed E-state index contributed by atoms with van der Waals surface area (Å²) in [5.41, 5.74) is 8.26. The summed E-state index contributed by atoms with van der Waals surface area (Å²) in [5.74, 6) is 0. The second kappa shape index (κ2) is 5.05. The lowest BCUT2D eigenvalue weighted by molar-refractivity contribution is 0.719. The highest BCUT2D eigenvalue weighted by Gasteiger charge is 2.03. The van der Waals surface area contributed by atoms with E-state index in [2.05, 4.69) is 26.8 Å². The number of hydrogen-bond donors (Lipinski definition) is 2. The maximum absolute atomic E-state index is 5.81. The van der Waals surface area contributed by atoms with E-state index in [0.29, 0.717) is 17.4 Å². The molecule has 0 aliphatic heterocycles. The van der Waals surface area contributed by atoms with Crippen LogP contribution in [0.1, 0.15) is 12.6 Å². The summed E-state index contributed by atoms with van der Waals surface area (Å²) < 4.78 is 2.06. The van der Waals surface area contributed by atoms with Gasteiger partial charge in [0, 0.05) is 18.8 Å². The zero-order valence-corrected chi connectivity index (χ0v) is 10.3. The monoisotopic (exact) mass is 251 g/mol. The van der Waals surface area contributed by atoms with Gasteiger partial charge in [-0.3, -0.25) is 0 Å². The molecule has 0 radical (unpaired) electrons. The first-order chi connectivity index (χ1) is 8.20. The molecule has 2 aromatic heterocycles. The van der Waals surface area contributed by atoms with Crippen LogP contribution in [0.5, 0.6) is 0 Å². The molecule has 2 aromatic rings. The topological polar surface area (TPSA) is 68.8 Å². The van der Waals surface area contributed by atoms with Gasteiger partial charge in [0.15, 0.2) is 0 Å². The highest BCUT2D eigenvalue weighted by atomic mass is 35.5. The van der Waals surface area contributed by atoms with Crippen molar-refractivity contribution in [2.45, 2.75) is 20.0 Å². The minimum atomic E-state index is 0.422. The quantitative estimate of drug-likeness (QED) is 0.817. The Kier molecular flexibility index (Phi) is 3.49. The molecule has 0 spiro atoms. The SMILES string of the molecule is CCn1cncc1CNc1cc(Cl)ncc1N. The lowest BCUT2D eigenvalue weighted by Gasteiger charge is -2.10. The van der Waals surface area contributed by atoms with Crippen LogP contribution < -0.4 is 11.1 Å². The Bertz CT molecular complexity index is 508.